The van der Waals surface area contributed by atoms with Gasteiger partial charge in [-0.15, -0.1) is 0 Å². The van der Waals surface area contributed by atoms with Crippen LogP contribution in [-0.2, 0) is 9.59 Å². The third kappa shape index (κ3) is 2.40. The summed E-state index contributed by atoms with van der Waals surface area (Å²) in [5.41, 5.74) is 0. The predicted octanol–water partition coefficient (Wildman–Crippen LogP) is -0.246. The van der Waals surface area contributed by atoms with E-state index in [1.165, 1.54) is 0 Å². The predicted molar refractivity (Wildman–Crippen MR) is 55.6 cm³/mol. The lowest BCUT2D eigenvalue weighted by Gasteiger charge is -2.16. The van der Waals surface area contributed by atoms with Crippen LogP contribution in [0.2, 0.25) is 0 Å². The molecule has 1 rings (SSSR count). The smallest absolute Gasteiger partial charge is 0.323 e. The second-order valence-electron chi connectivity index (χ2n) is 3.42. The molecule has 7 nitrogen and oxygen atoms in total. The Morgan fingerprint density at radius 3 is 2.59 bits per heavy atom. The standard InChI is InChI=1S/C10H10N4O3/c1-2-7-10(17)14(5-8(15)16)9(13-7)6(3-11)4-12/h6-7H,2,5H2,1H3,(H,15,16). The second-order valence-corrected chi connectivity index (χ2v) is 3.42. The lowest BCUT2D eigenvalue weighted by Crippen LogP contribution is -2.41. The zero-order valence-corrected chi connectivity index (χ0v) is 9.12. The molecule has 0 aromatic carbocycles. The van der Waals surface area contributed by atoms with Crippen LogP contribution in [0, 0.1) is 28.6 Å². The number of carboxylic acids is 1. The van der Waals surface area contributed by atoms with Crippen molar-refractivity contribution in [3.8, 4) is 12.1 Å². The van der Waals surface area contributed by atoms with E-state index >= 15 is 0 Å². The highest BCUT2D eigenvalue weighted by Gasteiger charge is 2.38. The second kappa shape index (κ2) is 5.08. The summed E-state index contributed by atoms with van der Waals surface area (Å²) in [6.07, 6.45) is 0.405. The van der Waals surface area contributed by atoms with E-state index in [4.69, 9.17) is 15.6 Å². The summed E-state index contributed by atoms with van der Waals surface area (Å²) in [6.45, 7) is 1.15. The summed E-state index contributed by atoms with van der Waals surface area (Å²) in [4.78, 5) is 27.2. The number of carboxylic acid groups (broad SMARTS) is 1. The molecule has 1 N–H and O–H groups in total. The van der Waals surface area contributed by atoms with Crippen LogP contribution < -0.4 is 0 Å². The number of carbonyl (C=O) groups excluding carboxylic acids is 1. The third-order valence-corrected chi connectivity index (χ3v) is 2.31. The molecule has 0 saturated carbocycles. The minimum absolute atomic E-state index is 0.0609. The fourth-order valence-corrected chi connectivity index (χ4v) is 1.51. The van der Waals surface area contributed by atoms with Gasteiger partial charge < -0.3 is 5.11 Å². The lowest BCUT2D eigenvalue weighted by molar-refractivity contribution is -0.141. The number of carbonyl (C=O) groups is 2. The van der Waals surface area contributed by atoms with Gasteiger partial charge in [0.2, 0.25) is 0 Å². The molecule has 1 aliphatic heterocycles. The minimum atomic E-state index is -1.21. The van der Waals surface area contributed by atoms with E-state index < -0.39 is 30.4 Å². The molecule has 1 aliphatic rings. The average Bonchev–Trinajstić information content (AvgIpc) is 2.59. The first-order chi connectivity index (χ1) is 8.04. The van der Waals surface area contributed by atoms with Gasteiger partial charge in [0.25, 0.3) is 5.91 Å². The molecule has 17 heavy (non-hydrogen) atoms. The molecule has 0 bridgehead atoms. The van der Waals surface area contributed by atoms with Crippen molar-refractivity contribution in [3.05, 3.63) is 0 Å². The molecular weight excluding hydrogens is 224 g/mol. The minimum Gasteiger partial charge on any atom is -0.480 e. The Balaban J connectivity index is 3.06. The van der Waals surface area contributed by atoms with Gasteiger partial charge in [-0.1, -0.05) is 6.92 Å². The van der Waals surface area contributed by atoms with Crippen LogP contribution in [0.25, 0.3) is 0 Å². The van der Waals surface area contributed by atoms with Gasteiger partial charge >= 0.3 is 5.97 Å². The van der Waals surface area contributed by atoms with Crippen molar-refractivity contribution < 1.29 is 14.7 Å². The van der Waals surface area contributed by atoms with Crippen LogP contribution in [0.3, 0.4) is 0 Å². The van der Waals surface area contributed by atoms with E-state index in [1.807, 2.05) is 0 Å². The first-order valence-corrected chi connectivity index (χ1v) is 4.95. The summed E-state index contributed by atoms with van der Waals surface area (Å²) in [7, 11) is 0. The van der Waals surface area contributed by atoms with Crippen LogP contribution in [0.4, 0.5) is 0 Å². The van der Waals surface area contributed by atoms with Gasteiger partial charge in [0, 0.05) is 0 Å². The highest BCUT2D eigenvalue weighted by molar-refractivity contribution is 6.09. The molecule has 7 heteroatoms. The summed E-state index contributed by atoms with van der Waals surface area (Å²) < 4.78 is 0. The van der Waals surface area contributed by atoms with Crippen molar-refractivity contribution in [1.29, 1.82) is 10.5 Å². The van der Waals surface area contributed by atoms with Gasteiger partial charge in [-0.25, -0.2) is 0 Å². The molecule has 0 fully saturated rings. The van der Waals surface area contributed by atoms with Crippen LogP contribution in [0.5, 0.6) is 0 Å². The van der Waals surface area contributed by atoms with E-state index in [9.17, 15) is 9.59 Å². The van der Waals surface area contributed by atoms with E-state index in [1.54, 1.807) is 19.1 Å². The van der Waals surface area contributed by atoms with Crippen molar-refractivity contribution in [2.24, 2.45) is 10.9 Å². The van der Waals surface area contributed by atoms with Crippen molar-refractivity contribution in [3.63, 3.8) is 0 Å². The summed E-state index contributed by atoms with van der Waals surface area (Å²) in [5, 5.41) is 26.2. The molecule has 1 unspecified atom stereocenters. The number of nitrogens with zero attached hydrogens (tertiary/aromatic N) is 4. The zero-order valence-electron chi connectivity index (χ0n) is 9.12. The Morgan fingerprint density at radius 1 is 1.59 bits per heavy atom. The Bertz CT molecular complexity index is 443. The number of rotatable bonds is 4. The van der Waals surface area contributed by atoms with Gasteiger partial charge in [-0.05, 0) is 6.42 Å². The average molecular weight is 234 g/mol. The molecule has 0 aromatic heterocycles. The fraction of sp³-hybridized carbons (Fsp3) is 0.500. The molecule has 0 aliphatic carbocycles. The lowest BCUT2D eigenvalue weighted by atomic mass is 10.1. The number of aliphatic imine (C=N–C) groups is 1. The Labute approximate surface area is 97.6 Å². The highest BCUT2D eigenvalue weighted by Crippen LogP contribution is 2.18. The number of amidine groups is 1. The normalized spacial score (nSPS) is 18.8. The Hall–Kier alpha value is -2.41. The maximum atomic E-state index is 11.7. The molecule has 0 radical (unpaired) electrons. The molecule has 1 atom stereocenters. The Morgan fingerprint density at radius 2 is 2.18 bits per heavy atom. The van der Waals surface area contributed by atoms with Gasteiger partial charge in [0.15, 0.2) is 5.92 Å². The molecule has 1 heterocycles. The molecule has 1 amide bonds. The topological polar surface area (TPSA) is 118 Å². The van der Waals surface area contributed by atoms with Gasteiger partial charge in [-0.2, -0.15) is 10.5 Å². The van der Waals surface area contributed by atoms with Crippen molar-refractivity contribution in [1.82, 2.24) is 4.90 Å². The van der Waals surface area contributed by atoms with E-state index in [0.29, 0.717) is 6.42 Å². The maximum absolute atomic E-state index is 11.7. The van der Waals surface area contributed by atoms with Gasteiger partial charge in [-0.3, -0.25) is 19.5 Å². The first-order valence-electron chi connectivity index (χ1n) is 4.95. The van der Waals surface area contributed by atoms with Crippen LogP contribution in [-0.4, -0.2) is 40.3 Å². The fourth-order valence-electron chi connectivity index (χ4n) is 1.51. The molecule has 88 valence electrons. The third-order valence-electron chi connectivity index (χ3n) is 2.31. The van der Waals surface area contributed by atoms with Crippen LogP contribution >= 0.6 is 0 Å². The van der Waals surface area contributed by atoms with E-state index in [0.717, 1.165) is 4.90 Å². The largest absolute Gasteiger partial charge is 0.480 e. The summed E-state index contributed by atoms with van der Waals surface area (Å²) in [6, 6.07) is 2.68. The van der Waals surface area contributed by atoms with Gasteiger partial charge in [0.1, 0.15) is 18.4 Å². The maximum Gasteiger partial charge on any atom is 0.323 e. The highest BCUT2D eigenvalue weighted by atomic mass is 16.4. The van der Waals surface area contributed by atoms with Crippen LogP contribution in [0.1, 0.15) is 13.3 Å². The number of nitriles is 2. The van der Waals surface area contributed by atoms with E-state index in [-0.39, 0.29) is 5.84 Å². The first kappa shape index (κ1) is 12.7. The van der Waals surface area contributed by atoms with Crippen molar-refractivity contribution >= 4 is 17.7 Å². The Kier molecular flexibility index (Phi) is 3.78. The zero-order chi connectivity index (χ0) is 13.0. The molecular formula is C10H10N4O3. The van der Waals surface area contributed by atoms with Gasteiger partial charge in [0.05, 0.1) is 12.1 Å². The summed E-state index contributed by atoms with van der Waals surface area (Å²) >= 11 is 0. The van der Waals surface area contributed by atoms with Crippen molar-refractivity contribution in [2.75, 3.05) is 6.54 Å². The van der Waals surface area contributed by atoms with Crippen molar-refractivity contribution in [2.45, 2.75) is 19.4 Å². The van der Waals surface area contributed by atoms with E-state index in [2.05, 4.69) is 4.99 Å². The molecule has 0 spiro atoms. The number of aliphatic carboxylic acids is 1. The molecule has 0 aromatic rings. The quantitative estimate of drug-likeness (QED) is 0.719. The summed E-state index contributed by atoms with van der Waals surface area (Å²) in [5.74, 6) is -2.96. The number of amides is 1. The monoisotopic (exact) mass is 234 g/mol. The number of hydrogen-bond acceptors (Lipinski definition) is 5. The number of hydrogen-bond donors (Lipinski definition) is 1. The molecule has 0 saturated heterocycles. The SMILES string of the molecule is CCC1N=C(C(C#N)C#N)N(CC(=O)O)C1=O. The van der Waals surface area contributed by atoms with Crippen LogP contribution in [0.15, 0.2) is 4.99 Å².